The Hall–Kier alpha value is -0.900. The Kier molecular flexibility index (Phi) is 4.93. The SMILES string of the molecule is CCCC(C)C(=O)c1cc(OC)ncc1Br. The number of rotatable bonds is 5. The lowest BCUT2D eigenvalue weighted by molar-refractivity contribution is 0.0922. The number of hydrogen-bond acceptors (Lipinski definition) is 3. The highest BCUT2D eigenvalue weighted by Crippen LogP contribution is 2.24. The minimum absolute atomic E-state index is 0.0356. The molecule has 16 heavy (non-hydrogen) atoms. The summed E-state index contributed by atoms with van der Waals surface area (Å²) in [6.07, 6.45) is 3.51. The molecule has 0 radical (unpaired) electrons. The maximum Gasteiger partial charge on any atom is 0.213 e. The van der Waals surface area contributed by atoms with Crippen molar-refractivity contribution in [2.75, 3.05) is 7.11 Å². The molecule has 0 N–H and O–H groups in total. The van der Waals surface area contributed by atoms with Gasteiger partial charge in [-0.3, -0.25) is 4.79 Å². The summed E-state index contributed by atoms with van der Waals surface area (Å²) in [7, 11) is 1.54. The summed E-state index contributed by atoms with van der Waals surface area (Å²) in [6, 6.07) is 1.68. The van der Waals surface area contributed by atoms with Crippen LogP contribution in [0.2, 0.25) is 0 Å². The lowest BCUT2D eigenvalue weighted by Crippen LogP contribution is -2.12. The summed E-state index contributed by atoms with van der Waals surface area (Å²) in [4.78, 5) is 16.1. The highest BCUT2D eigenvalue weighted by atomic mass is 79.9. The van der Waals surface area contributed by atoms with Gasteiger partial charge in [-0.1, -0.05) is 20.3 Å². The van der Waals surface area contributed by atoms with Crippen molar-refractivity contribution >= 4 is 21.7 Å². The van der Waals surface area contributed by atoms with E-state index >= 15 is 0 Å². The quantitative estimate of drug-likeness (QED) is 0.778. The molecule has 3 nitrogen and oxygen atoms in total. The van der Waals surface area contributed by atoms with Gasteiger partial charge in [0.15, 0.2) is 5.78 Å². The number of ketones is 1. The molecule has 1 unspecified atom stereocenters. The Bertz CT molecular complexity index is 379. The van der Waals surface area contributed by atoms with Crippen molar-refractivity contribution in [3.63, 3.8) is 0 Å². The molecule has 1 aromatic rings. The number of Topliss-reactive ketones (excluding diaryl/α,β-unsaturated/α-hetero) is 1. The van der Waals surface area contributed by atoms with E-state index in [1.165, 1.54) is 0 Å². The van der Waals surface area contributed by atoms with Crippen LogP contribution in [0.3, 0.4) is 0 Å². The highest BCUT2D eigenvalue weighted by Gasteiger charge is 2.18. The molecule has 0 saturated carbocycles. The van der Waals surface area contributed by atoms with Gasteiger partial charge in [-0.15, -0.1) is 0 Å². The number of carbonyl (C=O) groups excluding carboxylic acids is 1. The standard InChI is InChI=1S/C12H16BrNO2/c1-4-5-8(2)12(15)9-6-11(16-3)14-7-10(9)13/h6-8H,4-5H2,1-3H3. The van der Waals surface area contributed by atoms with E-state index in [1.54, 1.807) is 19.4 Å². The molecule has 0 bridgehead atoms. The highest BCUT2D eigenvalue weighted by molar-refractivity contribution is 9.10. The minimum atomic E-state index is 0.0356. The fourth-order valence-corrected chi connectivity index (χ4v) is 1.96. The van der Waals surface area contributed by atoms with Crippen LogP contribution in [0.5, 0.6) is 5.88 Å². The number of hydrogen-bond donors (Lipinski definition) is 0. The first-order chi connectivity index (χ1) is 7.60. The normalized spacial score (nSPS) is 12.2. The number of ether oxygens (including phenoxy) is 1. The van der Waals surface area contributed by atoms with Crippen molar-refractivity contribution < 1.29 is 9.53 Å². The summed E-state index contributed by atoms with van der Waals surface area (Å²) in [5.74, 6) is 0.637. The third-order valence-corrected chi connectivity index (χ3v) is 3.11. The zero-order chi connectivity index (χ0) is 12.1. The van der Waals surface area contributed by atoms with Gasteiger partial charge < -0.3 is 4.74 Å². The van der Waals surface area contributed by atoms with Gasteiger partial charge in [-0.2, -0.15) is 0 Å². The van der Waals surface area contributed by atoms with E-state index in [1.807, 2.05) is 6.92 Å². The number of methoxy groups -OCH3 is 1. The molecule has 0 spiro atoms. The van der Waals surface area contributed by atoms with E-state index in [4.69, 9.17) is 4.74 Å². The van der Waals surface area contributed by atoms with Crippen molar-refractivity contribution in [1.82, 2.24) is 4.98 Å². The van der Waals surface area contributed by atoms with Crippen LogP contribution in [-0.2, 0) is 0 Å². The average molecular weight is 286 g/mol. The first-order valence-electron chi connectivity index (χ1n) is 5.33. The lowest BCUT2D eigenvalue weighted by Gasteiger charge is -2.11. The summed E-state index contributed by atoms with van der Waals surface area (Å²) >= 11 is 3.34. The Morgan fingerprint density at radius 3 is 2.88 bits per heavy atom. The molecule has 0 amide bonds. The molecule has 1 rings (SSSR count). The molecular weight excluding hydrogens is 270 g/mol. The minimum Gasteiger partial charge on any atom is -0.481 e. The molecule has 1 atom stereocenters. The molecule has 0 saturated heterocycles. The third-order valence-electron chi connectivity index (χ3n) is 2.47. The van der Waals surface area contributed by atoms with E-state index in [0.29, 0.717) is 11.4 Å². The summed E-state index contributed by atoms with van der Waals surface area (Å²) < 4.78 is 5.74. The second-order valence-corrected chi connectivity index (χ2v) is 4.61. The average Bonchev–Trinajstić information content (AvgIpc) is 2.29. The van der Waals surface area contributed by atoms with Crippen LogP contribution in [0, 0.1) is 5.92 Å². The lowest BCUT2D eigenvalue weighted by atomic mass is 9.96. The second kappa shape index (κ2) is 5.99. The summed E-state index contributed by atoms with van der Waals surface area (Å²) in [6.45, 7) is 4.02. The van der Waals surface area contributed by atoms with Crippen LogP contribution >= 0.6 is 15.9 Å². The molecule has 1 heterocycles. The zero-order valence-corrected chi connectivity index (χ0v) is 11.4. The monoisotopic (exact) mass is 285 g/mol. The molecule has 0 aromatic carbocycles. The molecule has 0 fully saturated rings. The Morgan fingerprint density at radius 1 is 1.62 bits per heavy atom. The second-order valence-electron chi connectivity index (χ2n) is 3.76. The van der Waals surface area contributed by atoms with Crippen LogP contribution in [0.1, 0.15) is 37.0 Å². The van der Waals surface area contributed by atoms with Crippen molar-refractivity contribution in [1.29, 1.82) is 0 Å². The van der Waals surface area contributed by atoms with Gasteiger partial charge in [0.05, 0.1) is 7.11 Å². The molecular formula is C12H16BrNO2. The van der Waals surface area contributed by atoms with E-state index in [-0.39, 0.29) is 11.7 Å². The number of aromatic nitrogens is 1. The van der Waals surface area contributed by atoms with Gasteiger partial charge in [-0.25, -0.2) is 4.98 Å². The number of nitrogens with zero attached hydrogens (tertiary/aromatic N) is 1. The fraction of sp³-hybridized carbons (Fsp3) is 0.500. The van der Waals surface area contributed by atoms with E-state index in [9.17, 15) is 4.79 Å². The zero-order valence-electron chi connectivity index (χ0n) is 9.79. The predicted octanol–water partition coefficient (Wildman–Crippen LogP) is 3.47. The van der Waals surface area contributed by atoms with Gasteiger partial charge >= 0.3 is 0 Å². The molecule has 88 valence electrons. The fourth-order valence-electron chi connectivity index (χ4n) is 1.55. The predicted molar refractivity (Wildman–Crippen MR) is 66.9 cm³/mol. The number of pyridine rings is 1. The van der Waals surface area contributed by atoms with E-state index < -0.39 is 0 Å². The van der Waals surface area contributed by atoms with Gasteiger partial charge in [0, 0.05) is 28.2 Å². The van der Waals surface area contributed by atoms with Gasteiger partial charge in [0.25, 0.3) is 0 Å². The van der Waals surface area contributed by atoms with E-state index in [2.05, 4.69) is 27.8 Å². The molecule has 0 aliphatic carbocycles. The molecule has 0 aliphatic heterocycles. The van der Waals surface area contributed by atoms with Crippen LogP contribution < -0.4 is 4.74 Å². The first kappa shape index (κ1) is 13.2. The third kappa shape index (κ3) is 3.04. The molecule has 1 aromatic heterocycles. The van der Waals surface area contributed by atoms with E-state index in [0.717, 1.165) is 17.3 Å². The van der Waals surface area contributed by atoms with Crippen molar-refractivity contribution in [3.05, 3.63) is 22.3 Å². The first-order valence-corrected chi connectivity index (χ1v) is 6.13. The van der Waals surface area contributed by atoms with Crippen molar-refractivity contribution in [3.8, 4) is 5.88 Å². The smallest absolute Gasteiger partial charge is 0.213 e. The number of carbonyl (C=O) groups is 1. The Labute approximate surface area is 104 Å². The van der Waals surface area contributed by atoms with Crippen LogP contribution in [-0.4, -0.2) is 17.9 Å². The van der Waals surface area contributed by atoms with Crippen molar-refractivity contribution in [2.45, 2.75) is 26.7 Å². The van der Waals surface area contributed by atoms with Gasteiger partial charge in [-0.05, 0) is 22.4 Å². The summed E-state index contributed by atoms with van der Waals surface area (Å²) in [5.41, 5.74) is 0.646. The van der Waals surface area contributed by atoms with Gasteiger partial charge in [0.1, 0.15) is 0 Å². The van der Waals surface area contributed by atoms with Crippen LogP contribution in [0.4, 0.5) is 0 Å². The van der Waals surface area contributed by atoms with Gasteiger partial charge in [0.2, 0.25) is 5.88 Å². The Morgan fingerprint density at radius 2 is 2.31 bits per heavy atom. The summed E-state index contributed by atoms with van der Waals surface area (Å²) in [5, 5.41) is 0. The molecule has 0 aliphatic rings. The maximum atomic E-state index is 12.1. The van der Waals surface area contributed by atoms with Crippen LogP contribution in [0.25, 0.3) is 0 Å². The Balaban J connectivity index is 2.97. The largest absolute Gasteiger partial charge is 0.481 e. The topological polar surface area (TPSA) is 39.2 Å². The number of halogens is 1. The molecule has 4 heteroatoms. The maximum absolute atomic E-state index is 12.1. The van der Waals surface area contributed by atoms with Crippen molar-refractivity contribution in [2.24, 2.45) is 5.92 Å². The van der Waals surface area contributed by atoms with Crippen LogP contribution in [0.15, 0.2) is 16.7 Å².